The Kier molecular flexibility index (Phi) is 4.41. The molecule has 7 heteroatoms. The van der Waals surface area contributed by atoms with Crippen molar-refractivity contribution in [2.24, 2.45) is 0 Å². The van der Waals surface area contributed by atoms with Gasteiger partial charge in [-0.15, -0.1) is 0 Å². The maximum absolute atomic E-state index is 13.2. The second-order valence-corrected chi connectivity index (χ2v) is 4.67. The lowest BCUT2D eigenvalue weighted by atomic mass is 10.1. The fraction of sp³-hybridized carbons (Fsp3) is 0.200. The van der Waals surface area contributed by atoms with E-state index in [4.69, 9.17) is 5.26 Å². The van der Waals surface area contributed by atoms with Crippen LogP contribution in [0.3, 0.4) is 0 Å². The number of nitriles is 1. The SMILES string of the molecule is Cc1ncc(C#N)nc1C(=O)NC(C)c1ccc(F)c(F)c1. The average Bonchev–Trinajstić information content (AvgIpc) is 2.50. The summed E-state index contributed by atoms with van der Waals surface area (Å²) in [5.41, 5.74) is 0.827. The number of aryl methyl sites for hydroxylation is 1. The summed E-state index contributed by atoms with van der Waals surface area (Å²) >= 11 is 0. The molecule has 0 aliphatic heterocycles. The minimum Gasteiger partial charge on any atom is -0.344 e. The molecule has 1 N–H and O–H groups in total. The van der Waals surface area contributed by atoms with Crippen molar-refractivity contribution >= 4 is 5.91 Å². The minimum atomic E-state index is -0.985. The summed E-state index contributed by atoms with van der Waals surface area (Å²) in [6.07, 6.45) is 1.27. The Bertz CT molecular complexity index is 771. The zero-order valence-corrected chi connectivity index (χ0v) is 11.9. The number of benzene rings is 1. The molecule has 112 valence electrons. The van der Waals surface area contributed by atoms with Crippen LogP contribution >= 0.6 is 0 Å². The molecule has 0 spiro atoms. The monoisotopic (exact) mass is 302 g/mol. The van der Waals surface area contributed by atoms with E-state index in [1.807, 2.05) is 0 Å². The number of halogens is 2. The van der Waals surface area contributed by atoms with Crippen LogP contribution in [0.25, 0.3) is 0 Å². The van der Waals surface area contributed by atoms with Gasteiger partial charge in [-0.3, -0.25) is 9.78 Å². The molecule has 1 aromatic carbocycles. The molecule has 22 heavy (non-hydrogen) atoms. The first-order valence-corrected chi connectivity index (χ1v) is 6.42. The first kappa shape index (κ1) is 15.5. The van der Waals surface area contributed by atoms with E-state index in [0.717, 1.165) is 12.1 Å². The molecular formula is C15H12F2N4O. The molecule has 0 radical (unpaired) electrons. The number of nitrogens with one attached hydrogen (secondary N) is 1. The standard InChI is InChI=1S/C15H12F2N4O/c1-8(10-3-4-12(16)13(17)5-10)20-15(22)14-9(2)19-7-11(6-18)21-14/h3-5,7-8H,1-2H3,(H,20,22). The van der Waals surface area contributed by atoms with Gasteiger partial charge in [-0.1, -0.05) is 6.07 Å². The normalized spacial score (nSPS) is 11.6. The van der Waals surface area contributed by atoms with Crippen LogP contribution in [-0.2, 0) is 0 Å². The molecule has 0 aliphatic carbocycles. The zero-order valence-electron chi connectivity index (χ0n) is 11.9. The van der Waals surface area contributed by atoms with Gasteiger partial charge >= 0.3 is 0 Å². The lowest BCUT2D eigenvalue weighted by Gasteiger charge is -2.15. The van der Waals surface area contributed by atoms with Crippen molar-refractivity contribution in [3.05, 3.63) is 58.7 Å². The number of hydrogen-bond acceptors (Lipinski definition) is 4. The third-order valence-electron chi connectivity index (χ3n) is 3.08. The molecule has 0 fully saturated rings. The van der Waals surface area contributed by atoms with Crippen LogP contribution in [0.15, 0.2) is 24.4 Å². The molecule has 2 rings (SSSR count). The van der Waals surface area contributed by atoms with E-state index < -0.39 is 23.6 Å². The topological polar surface area (TPSA) is 78.7 Å². The van der Waals surface area contributed by atoms with E-state index in [-0.39, 0.29) is 11.4 Å². The molecule has 1 amide bonds. The number of nitrogens with zero attached hydrogens (tertiary/aromatic N) is 3. The van der Waals surface area contributed by atoms with Crippen LogP contribution in [0, 0.1) is 29.9 Å². The molecule has 0 bridgehead atoms. The largest absolute Gasteiger partial charge is 0.344 e. The van der Waals surface area contributed by atoms with Gasteiger partial charge in [0.05, 0.1) is 17.9 Å². The smallest absolute Gasteiger partial charge is 0.272 e. The van der Waals surface area contributed by atoms with Crippen molar-refractivity contribution in [1.29, 1.82) is 5.26 Å². The van der Waals surface area contributed by atoms with Gasteiger partial charge in [0.25, 0.3) is 5.91 Å². The highest BCUT2D eigenvalue weighted by Crippen LogP contribution is 2.16. The van der Waals surface area contributed by atoms with Crippen molar-refractivity contribution in [3.8, 4) is 6.07 Å². The highest BCUT2D eigenvalue weighted by atomic mass is 19.2. The number of carbonyl (C=O) groups excluding carboxylic acids is 1. The van der Waals surface area contributed by atoms with E-state index in [1.54, 1.807) is 19.9 Å². The maximum atomic E-state index is 13.2. The Labute approximate surface area is 125 Å². The fourth-order valence-electron chi connectivity index (χ4n) is 1.85. The second-order valence-electron chi connectivity index (χ2n) is 4.67. The molecule has 1 aromatic heterocycles. The Balaban J connectivity index is 2.21. The lowest BCUT2D eigenvalue weighted by molar-refractivity contribution is 0.0933. The minimum absolute atomic E-state index is 0.0217. The molecule has 0 saturated heterocycles. The van der Waals surface area contributed by atoms with Crippen LogP contribution in [0.1, 0.15) is 40.4 Å². The number of aromatic nitrogens is 2. The molecule has 2 aromatic rings. The Morgan fingerprint density at radius 1 is 1.36 bits per heavy atom. The number of amides is 1. The van der Waals surface area contributed by atoms with Crippen LogP contribution in [0.4, 0.5) is 8.78 Å². The summed E-state index contributed by atoms with van der Waals surface area (Å²) < 4.78 is 26.1. The summed E-state index contributed by atoms with van der Waals surface area (Å²) in [4.78, 5) is 20.0. The molecule has 1 heterocycles. The summed E-state index contributed by atoms with van der Waals surface area (Å²) in [6.45, 7) is 3.22. The van der Waals surface area contributed by atoms with Gasteiger partial charge in [-0.05, 0) is 31.5 Å². The summed E-state index contributed by atoms with van der Waals surface area (Å²) in [7, 11) is 0. The molecule has 5 nitrogen and oxygen atoms in total. The number of carbonyl (C=O) groups is 1. The van der Waals surface area contributed by atoms with Gasteiger partial charge in [0.2, 0.25) is 0 Å². The quantitative estimate of drug-likeness (QED) is 0.944. The Hall–Kier alpha value is -2.88. The lowest BCUT2D eigenvalue weighted by Crippen LogP contribution is -2.28. The van der Waals surface area contributed by atoms with E-state index >= 15 is 0 Å². The molecule has 1 atom stereocenters. The third kappa shape index (κ3) is 3.23. The maximum Gasteiger partial charge on any atom is 0.272 e. The van der Waals surface area contributed by atoms with Crippen molar-refractivity contribution in [2.45, 2.75) is 19.9 Å². The van der Waals surface area contributed by atoms with Crippen LogP contribution in [-0.4, -0.2) is 15.9 Å². The number of hydrogen-bond donors (Lipinski definition) is 1. The first-order chi connectivity index (χ1) is 10.4. The zero-order chi connectivity index (χ0) is 16.3. The van der Waals surface area contributed by atoms with Gasteiger partial charge in [0.15, 0.2) is 23.0 Å². The second kappa shape index (κ2) is 6.26. The Morgan fingerprint density at radius 3 is 2.73 bits per heavy atom. The highest BCUT2D eigenvalue weighted by molar-refractivity contribution is 5.93. The number of rotatable bonds is 3. The summed E-state index contributed by atoms with van der Waals surface area (Å²) in [5, 5.41) is 11.4. The van der Waals surface area contributed by atoms with Crippen molar-refractivity contribution in [2.75, 3.05) is 0 Å². The molecule has 0 aliphatic rings. The van der Waals surface area contributed by atoms with Crippen LogP contribution in [0.2, 0.25) is 0 Å². The first-order valence-electron chi connectivity index (χ1n) is 6.42. The third-order valence-corrected chi connectivity index (χ3v) is 3.08. The van der Waals surface area contributed by atoms with Gasteiger partial charge in [0.1, 0.15) is 6.07 Å². The van der Waals surface area contributed by atoms with E-state index in [2.05, 4.69) is 15.3 Å². The summed E-state index contributed by atoms with van der Waals surface area (Å²) in [5.74, 6) is -2.48. The van der Waals surface area contributed by atoms with E-state index in [1.165, 1.54) is 12.3 Å². The van der Waals surface area contributed by atoms with Gasteiger partial charge in [-0.2, -0.15) is 5.26 Å². The van der Waals surface area contributed by atoms with E-state index in [0.29, 0.717) is 11.3 Å². The van der Waals surface area contributed by atoms with Crippen molar-refractivity contribution < 1.29 is 13.6 Å². The van der Waals surface area contributed by atoms with E-state index in [9.17, 15) is 13.6 Å². The fourth-order valence-corrected chi connectivity index (χ4v) is 1.85. The predicted molar refractivity (Wildman–Crippen MR) is 73.7 cm³/mol. The summed E-state index contributed by atoms with van der Waals surface area (Å²) in [6, 6.07) is 4.64. The average molecular weight is 302 g/mol. The van der Waals surface area contributed by atoms with Gasteiger partial charge < -0.3 is 5.32 Å². The van der Waals surface area contributed by atoms with Gasteiger partial charge in [0, 0.05) is 0 Å². The predicted octanol–water partition coefficient (Wildman–Crippen LogP) is 2.43. The van der Waals surface area contributed by atoms with Crippen LogP contribution in [0.5, 0.6) is 0 Å². The molecule has 0 saturated carbocycles. The van der Waals surface area contributed by atoms with Gasteiger partial charge in [-0.25, -0.2) is 13.8 Å². The van der Waals surface area contributed by atoms with Crippen molar-refractivity contribution in [1.82, 2.24) is 15.3 Å². The highest BCUT2D eigenvalue weighted by Gasteiger charge is 2.17. The Morgan fingerprint density at radius 2 is 2.09 bits per heavy atom. The van der Waals surface area contributed by atoms with Crippen LogP contribution < -0.4 is 5.32 Å². The molecular weight excluding hydrogens is 290 g/mol. The molecule has 1 unspecified atom stereocenters. The van der Waals surface area contributed by atoms with Crippen molar-refractivity contribution in [3.63, 3.8) is 0 Å².